The Kier molecular flexibility index (Phi) is 6.93. The predicted octanol–water partition coefficient (Wildman–Crippen LogP) is 0.128. The van der Waals surface area contributed by atoms with Gasteiger partial charge in [0, 0.05) is 19.4 Å². The topological polar surface area (TPSA) is 95.5 Å². The van der Waals surface area contributed by atoms with Crippen LogP contribution in [0.15, 0.2) is 0 Å². The third-order valence-electron chi connectivity index (χ3n) is 2.03. The van der Waals surface area contributed by atoms with Crippen LogP contribution in [0, 0.1) is 5.92 Å². The molecule has 6 nitrogen and oxygen atoms in total. The van der Waals surface area contributed by atoms with Gasteiger partial charge in [-0.15, -0.1) is 0 Å². The molecule has 2 amide bonds. The maximum atomic E-state index is 11.3. The molecule has 1 atom stereocenters. The zero-order valence-corrected chi connectivity index (χ0v) is 10.4. The summed E-state index contributed by atoms with van der Waals surface area (Å²) >= 11 is 0. The summed E-state index contributed by atoms with van der Waals surface area (Å²) in [6, 6.07) is -0.929. The fourth-order valence-corrected chi connectivity index (χ4v) is 1.01. The molecule has 0 aromatic carbocycles. The van der Waals surface area contributed by atoms with E-state index in [4.69, 9.17) is 5.11 Å². The second-order valence-electron chi connectivity index (χ2n) is 4.33. The highest BCUT2D eigenvalue weighted by Gasteiger charge is 2.14. The zero-order valence-electron chi connectivity index (χ0n) is 10.4. The number of amides is 2. The van der Waals surface area contributed by atoms with Gasteiger partial charge in [-0.05, 0) is 12.8 Å². The van der Waals surface area contributed by atoms with Crippen molar-refractivity contribution in [2.24, 2.45) is 5.92 Å². The standard InChI is InChI=1S/C11H20N2O4/c1-7(2)6-12-9(14)4-5-10(15)13-8(3)11(16)17/h7-8H,4-6H2,1-3H3,(H,12,14)(H,13,15)(H,16,17). The minimum Gasteiger partial charge on any atom is -0.480 e. The Hall–Kier alpha value is -1.59. The molecule has 0 aromatic heterocycles. The van der Waals surface area contributed by atoms with Crippen molar-refractivity contribution in [1.29, 1.82) is 0 Å². The molecule has 0 fully saturated rings. The molecular formula is C11H20N2O4. The average molecular weight is 244 g/mol. The van der Waals surface area contributed by atoms with Crippen LogP contribution >= 0.6 is 0 Å². The summed E-state index contributed by atoms with van der Waals surface area (Å²) in [4.78, 5) is 33.0. The number of rotatable bonds is 7. The quantitative estimate of drug-likeness (QED) is 0.593. The lowest BCUT2D eigenvalue weighted by Gasteiger charge is -2.10. The Labute approximate surface area is 101 Å². The van der Waals surface area contributed by atoms with Crippen LogP contribution in [-0.4, -0.2) is 35.5 Å². The Morgan fingerprint density at radius 1 is 1.06 bits per heavy atom. The van der Waals surface area contributed by atoms with Crippen molar-refractivity contribution in [3.05, 3.63) is 0 Å². The first-order valence-corrected chi connectivity index (χ1v) is 5.61. The van der Waals surface area contributed by atoms with Crippen molar-refractivity contribution in [2.45, 2.75) is 39.7 Å². The summed E-state index contributed by atoms with van der Waals surface area (Å²) in [7, 11) is 0. The van der Waals surface area contributed by atoms with Crippen molar-refractivity contribution in [1.82, 2.24) is 10.6 Å². The molecule has 0 aliphatic heterocycles. The van der Waals surface area contributed by atoms with Crippen molar-refractivity contribution in [3.8, 4) is 0 Å². The van der Waals surface area contributed by atoms with Crippen LogP contribution in [0.1, 0.15) is 33.6 Å². The molecule has 0 heterocycles. The first kappa shape index (κ1) is 15.4. The van der Waals surface area contributed by atoms with Gasteiger partial charge in [-0.3, -0.25) is 14.4 Å². The number of carboxylic acids is 1. The van der Waals surface area contributed by atoms with E-state index >= 15 is 0 Å². The third kappa shape index (κ3) is 8.24. The van der Waals surface area contributed by atoms with Gasteiger partial charge in [0.15, 0.2) is 0 Å². The Balaban J connectivity index is 3.77. The molecule has 0 saturated carbocycles. The maximum absolute atomic E-state index is 11.3. The van der Waals surface area contributed by atoms with Crippen LogP contribution in [0.5, 0.6) is 0 Å². The summed E-state index contributed by atoms with van der Waals surface area (Å²) in [6.07, 6.45) is 0.0758. The molecule has 6 heteroatoms. The van der Waals surface area contributed by atoms with Gasteiger partial charge >= 0.3 is 5.97 Å². The van der Waals surface area contributed by atoms with Crippen LogP contribution in [0.25, 0.3) is 0 Å². The van der Waals surface area contributed by atoms with Crippen molar-refractivity contribution in [3.63, 3.8) is 0 Å². The minimum atomic E-state index is -1.09. The second-order valence-corrected chi connectivity index (χ2v) is 4.33. The zero-order chi connectivity index (χ0) is 13.4. The van der Waals surface area contributed by atoms with Gasteiger partial charge in [-0.2, -0.15) is 0 Å². The molecule has 0 rings (SSSR count). The van der Waals surface area contributed by atoms with E-state index in [1.807, 2.05) is 13.8 Å². The normalized spacial score (nSPS) is 12.0. The fourth-order valence-electron chi connectivity index (χ4n) is 1.01. The van der Waals surface area contributed by atoms with Gasteiger partial charge in [-0.1, -0.05) is 13.8 Å². The van der Waals surface area contributed by atoms with Crippen LogP contribution in [0.3, 0.4) is 0 Å². The van der Waals surface area contributed by atoms with Gasteiger partial charge in [0.2, 0.25) is 11.8 Å². The highest BCUT2D eigenvalue weighted by Crippen LogP contribution is 1.93. The van der Waals surface area contributed by atoms with Gasteiger partial charge in [0.1, 0.15) is 6.04 Å². The van der Waals surface area contributed by atoms with Crippen LogP contribution in [-0.2, 0) is 14.4 Å². The number of nitrogens with one attached hydrogen (secondary N) is 2. The monoisotopic (exact) mass is 244 g/mol. The number of hydrogen-bond acceptors (Lipinski definition) is 3. The summed E-state index contributed by atoms with van der Waals surface area (Å²) in [5.41, 5.74) is 0. The largest absolute Gasteiger partial charge is 0.480 e. The third-order valence-corrected chi connectivity index (χ3v) is 2.03. The Morgan fingerprint density at radius 2 is 1.59 bits per heavy atom. The first-order chi connectivity index (χ1) is 7.82. The highest BCUT2D eigenvalue weighted by molar-refractivity contribution is 5.86. The molecule has 1 unspecified atom stereocenters. The summed E-state index contributed by atoms with van der Waals surface area (Å²) in [6.45, 7) is 5.90. The summed E-state index contributed by atoms with van der Waals surface area (Å²) in [5.74, 6) is -1.36. The lowest BCUT2D eigenvalue weighted by atomic mass is 10.2. The Bertz CT molecular complexity index is 289. The summed E-state index contributed by atoms with van der Waals surface area (Å²) in [5, 5.41) is 13.5. The van der Waals surface area contributed by atoms with Crippen LogP contribution in [0.4, 0.5) is 0 Å². The van der Waals surface area contributed by atoms with E-state index in [-0.39, 0.29) is 18.7 Å². The number of carbonyl (C=O) groups is 3. The highest BCUT2D eigenvalue weighted by atomic mass is 16.4. The Morgan fingerprint density at radius 3 is 2.06 bits per heavy atom. The van der Waals surface area contributed by atoms with Crippen molar-refractivity contribution >= 4 is 17.8 Å². The van der Waals surface area contributed by atoms with Gasteiger partial charge in [-0.25, -0.2) is 0 Å². The van der Waals surface area contributed by atoms with Gasteiger partial charge in [0.25, 0.3) is 0 Å². The van der Waals surface area contributed by atoms with E-state index in [2.05, 4.69) is 10.6 Å². The molecule has 0 saturated heterocycles. The van der Waals surface area contributed by atoms with E-state index < -0.39 is 17.9 Å². The lowest BCUT2D eigenvalue weighted by molar-refractivity contribution is -0.141. The minimum absolute atomic E-state index is 0.00154. The van der Waals surface area contributed by atoms with Gasteiger partial charge in [0.05, 0.1) is 0 Å². The fraction of sp³-hybridized carbons (Fsp3) is 0.727. The SMILES string of the molecule is CC(C)CNC(=O)CCC(=O)NC(C)C(=O)O. The van der Waals surface area contributed by atoms with E-state index in [0.29, 0.717) is 12.5 Å². The second kappa shape index (κ2) is 7.65. The number of hydrogen-bond donors (Lipinski definition) is 3. The predicted molar refractivity (Wildman–Crippen MR) is 62.3 cm³/mol. The van der Waals surface area contributed by atoms with Crippen molar-refractivity contribution in [2.75, 3.05) is 6.54 Å². The van der Waals surface area contributed by atoms with E-state index in [1.165, 1.54) is 6.92 Å². The maximum Gasteiger partial charge on any atom is 0.325 e. The molecule has 0 aliphatic carbocycles. The smallest absolute Gasteiger partial charge is 0.325 e. The molecule has 0 spiro atoms. The van der Waals surface area contributed by atoms with E-state index in [9.17, 15) is 14.4 Å². The molecule has 98 valence electrons. The first-order valence-electron chi connectivity index (χ1n) is 5.61. The average Bonchev–Trinajstić information content (AvgIpc) is 2.23. The van der Waals surface area contributed by atoms with Crippen LogP contribution in [0.2, 0.25) is 0 Å². The molecule has 0 bridgehead atoms. The van der Waals surface area contributed by atoms with Gasteiger partial charge < -0.3 is 15.7 Å². The molecule has 0 radical (unpaired) electrons. The number of carbonyl (C=O) groups excluding carboxylic acids is 2. The molecule has 17 heavy (non-hydrogen) atoms. The number of aliphatic carboxylic acids is 1. The van der Waals surface area contributed by atoms with E-state index in [0.717, 1.165) is 0 Å². The molecule has 3 N–H and O–H groups in total. The molecule has 0 aromatic rings. The van der Waals surface area contributed by atoms with Crippen molar-refractivity contribution < 1.29 is 19.5 Å². The molecule has 0 aliphatic rings. The number of carboxylic acid groups (broad SMARTS) is 1. The lowest BCUT2D eigenvalue weighted by Crippen LogP contribution is -2.39. The molecular weight excluding hydrogens is 224 g/mol. The summed E-state index contributed by atoms with van der Waals surface area (Å²) < 4.78 is 0. The van der Waals surface area contributed by atoms with E-state index in [1.54, 1.807) is 0 Å². The van der Waals surface area contributed by atoms with Crippen LogP contribution < -0.4 is 10.6 Å².